The fourth-order valence-electron chi connectivity index (χ4n) is 3.54. The van der Waals surface area contributed by atoms with Crippen LogP contribution in [0, 0.1) is 0 Å². The molecular formula is C24H14O2. The van der Waals surface area contributed by atoms with Crippen molar-refractivity contribution in [1.29, 1.82) is 0 Å². The first-order valence-electron chi connectivity index (χ1n) is 8.54. The van der Waals surface area contributed by atoms with Gasteiger partial charge in [0.1, 0.15) is 0 Å². The molecule has 2 heteroatoms. The normalized spacial score (nSPS) is 13.4. The highest BCUT2D eigenvalue weighted by Crippen LogP contribution is 2.36. The Labute approximate surface area is 151 Å². The molecule has 0 N–H and O–H groups in total. The predicted molar refractivity (Wildman–Crippen MR) is 104 cm³/mol. The summed E-state index contributed by atoms with van der Waals surface area (Å²) in [5, 5.41) is 0. The average molecular weight is 334 g/mol. The lowest BCUT2D eigenvalue weighted by molar-refractivity contribution is 0.105. The molecule has 0 bridgehead atoms. The maximum Gasteiger partial charge on any atom is 0.193 e. The zero-order valence-corrected chi connectivity index (χ0v) is 13.9. The maximum atomic E-state index is 12.8. The fraction of sp³-hybridized carbons (Fsp3) is 0. The molecule has 26 heavy (non-hydrogen) atoms. The van der Waals surface area contributed by atoms with Gasteiger partial charge in [-0.25, -0.2) is 0 Å². The summed E-state index contributed by atoms with van der Waals surface area (Å²) >= 11 is 0. The summed E-state index contributed by atoms with van der Waals surface area (Å²) in [5.41, 5.74) is 6.62. The van der Waals surface area contributed by atoms with Gasteiger partial charge >= 0.3 is 0 Å². The zero-order valence-electron chi connectivity index (χ0n) is 13.9. The van der Waals surface area contributed by atoms with E-state index in [-0.39, 0.29) is 11.6 Å². The van der Waals surface area contributed by atoms with Crippen LogP contribution in [0.15, 0.2) is 72.8 Å². The van der Waals surface area contributed by atoms with Gasteiger partial charge in [-0.2, -0.15) is 0 Å². The molecule has 0 unspecified atom stereocenters. The van der Waals surface area contributed by atoms with E-state index in [4.69, 9.17) is 0 Å². The first-order chi connectivity index (χ1) is 12.7. The van der Waals surface area contributed by atoms with Crippen molar-refractivity contribution in [2.45, 2.75) is 0 Å². The Morgan fingerprint density at radius 2 is 1.00 bits per heavy atom. The van der Waals surface area contributed by atoms with E-state index < -0.39 is 0 Å². The van der Waals surface area contributed by atoms with E-state index in [2.05, 4.69) is 0 Å². The lowest BCUT2D eigenvalue weighted by Gasteiger charge is -2.20. The summed E-state index contributed by atoms with van der Waals surface area (Å²) < 4.78 is 0. The molecule has 0 spiro atoms. The Bertz CT molecular complexity index is 1070. The van der Waals surface area contributed by atoms with Crippen LogP contribution in [0.2, 0.25) is 0 Å². The number of carbonyl (C=O) groups excluding carboxylic acids is 2. The number of fused-ring (bicyclic) bond motifs is 2. The molecule has 0 aromatic heterocycles. The topological polar surface area (TPSA) is 34.1 Å². The lowest BCUT2D eigenvalue weighted by atomic mass is 9.82. The second kappa shape index (κ2) is 5.50. The second-order valence-corrected chi connectivity index (χ2v) is 6.53. The minimum Gasteiger partial charge on any atom is -0.289 e. The van der Waals surface area contributed by atoms with Crippen molar-refractivity contribution in [3.05, 3.63) is 106 Å². The molecule has 122 valence electrons. The van der Waals surface area contributed by atoms with E-state index in [0.29, 0.717) is 22.3 Å². The molecule has 2 aliphatic rings. The van der Waals surface area contributed by atoms with Gasteiger partial charge in [-0.15, -0.1) is 0 Å². The summed E-state index contributed by atoms with van der Waals surface area (Å²) in [6, 6.07) is 22.7. The van der Waals surface area contributed by atoms with E-state index in [1.54, 1.807) is 24.3 Å². The highest BCUT2D eigenvalue weighted by Gasteiger charge is 2.26. The highest BCUT2D eigenvalue weighted by atomic mass is 16.1. The van der Waals surface area contributed by atoms with Crippen LogP contribution in [0.5, 0.6) is 0 Å². The van der Waals surface area contributed by atoms with Gasteiger partial charge in [-0.3, -0.25) is 9.59 Å². The third kappa shape index (κ3) is 2.12. The number of benzene rings is 3. The fourth-order valence-corrected chi connectivity index (χ4v) is 3.54. The van der Waals surface area contributed by atoms with Crippen molar-refractivity contribution in [3.8, 4) is 0 Å². The molecular weight excluding hydrogens is 320 g/mol. The Balaban J connectivity index is 1.44. The van der Waals surface area contributed by atoms with Crippen LogP contribution in [0.4, 0.5) is 0 Å². The molecule has 0 aliphatic heterocycles. The Morgan fingerprint density at radius 1 is 0.538 bits per heavy atom. The smallest absolute Gasteiger partial charge is 0.193 e. The molecule has 0 radical (unpaired) electrons. The van der Waals surface area contributed by atoms with Crippen molar-refractivity contribution >= 4 is 34.9 Å². The summed E-state index contributed by atoms with van der Waals surface area (Å²) in [4.78, 5) is 25.6. The molecule has 5 rings (SSSR count). The molecule has 0 atom stereocenters. The first-order valence-corrected chi connectivity index (χ1v) is 8.54. The molecule has 0 saturated carbocycles. The van der Waals surface area contributed by atoms with Gasteiger partial charge in [0.15, 0.2) is 11.6 Å². The van der Waals surface area contributed by atoms with E-state index in [1.165, 1.54) is 0 Å². The van der Waals surface area contributed by atoms with Crippen molar-refractivity contribution < 1.29 is 9.59 Å². The number of ketones is 2. The van der Waals surface area contributed by atoms with Gasteiger partial charge in [-0.05, 0) is 40.5 Å². The van der Waals surface area contributed by atoms with Crippen LogP contribution in [0.1, 0.15) is 43.0 Å². The number of carbonyl (C=O) groups is 2. The van der Waals surface area contributed by atoms with E-state index in [9.17, 15) is 9.59 Å². The molecule has 2 aliphatic carbocycles. The average Bonchev–Trinajstić information content (AvgIpc) is 2.63. The third-order valence-electron chi connectivity index (χ3n) is 4.98. The summed E-state index contributed by atoms with van der Waals surface area (Å²) in [5.74, 6) is -0.0809. The highest BCUT2D eigenvalue weighted by molar-refractivity contribution is 6.38. The SMILES string of the molecule is O=C(C1=Cc2ccccc21)c1cccc(C(=O)C2=Cc3ccccc32)c1. The predicted octanol–water partition coefficient (Wildman–Crippen LogP) is 5.16. The number of rotatable bonds is 4. The Kier molecular flexibility index (Phi) is 3.13. The summed E-state index contributed by atoms with van der Waals surface area (Å²) in [7, 11) is 0. The van der Waals surface area contributed by atoms with Crippen molar-refractivity contribution in [2.24, 2.45) is 0 Å². The summed E-state index contributed by atoms with van der Waals surface area (Å²) in [6.45, 7) is 0. The van der Waals surface area contributed by atoms with Crippen LogP contribution in [-0.4, -0.2) is 11.6 Å². The van der Waals surface area contributed by atoms with Gasteiger partial charge < -0.3 is 0 Å². The lowest BCUT2D eigenvalue weighted by Crippen LogP contribution is -2.12. The van der Waals surface area contributed by atoms with Gasteiger partial charge in [0.05, 0.1) is 0 Å². The number of hydrogen-bond donors (Lipinski definition) is 0. The molecule has 0 saturated heterocycles. The van der Waals surface area contributed by atoms with Gasteiger partial charge in [0, 0.05) is 22.3 Å². The second-order valence-electron chi connectivity index (χ2n) is 6.53. The Hall–Kier alpha value is -3.52. The monoisotopic (exact) mass is 334 g/mol. The molecule has 2 nitrogen and oxygen atoms in total. The number of hydrogen-bond acceptors (Lipinski definition) is 2. The van der Waals surface area contributed by atoms with Crippen molar-refractivity contribution in [1.82, 2.24) is 0 Å². The van der Waals surface area contributed by atoms with Crippen LogP contribution >= 0.6 is 0 Å². The standard InChI is InChI=1S/C24H14O2/c25-23(21-13-15-6-1-3-10-19(15)21)17-8-5-9-18(12-17)24(26)22-14-16-7-2-4-11-20(16)22/h1-14H. The van der Waals surface area contributed by atoms with E-state index in [1.807, 2.05) is 60.7 Å². The van der Waals surface area contributed by atoms with Gasteiger partial charge in [0.25, 0.3) is 0 Å². The molecule has 0 amide bonds. The van der Waals surface area contributed by atoms with Gasteiger partial charge in [-0.1, -0.05) is 66.7 Å². The quantitative estimate of drug-likeness (QED) is 0.618. The summed E-state index contributed by atoms with van der Waals surface area (Å²) in [6.07, 6.45) is 3.80. The zero-order chi connectivity index (χ0) is 17.7. The Morgan fingerprint density at radius 3 is 1.46 bits per heavy atom. The molecule has 0 heterocycles. The maximum absolute atomic E-state index is 12.8. The van der Waals surface area contributed by atoms with Crippen LogP contribution in [-0.2, 0) is 0 Å². The van der Waals surface area contributed by atoms with Crippen molar-refractivity contribution in [2.75, 3.05) is 0 Å². The van der Waals surface area contributed by atoms with Crippen molar-refractivity contribution in [3.63, 3.8) is 0 Å². The minimum absolute atomic E-state index is 0.0404. The number of Topliss-reactive ketones (excluding diaryl/α,β-unsaturated/α-hetero) is 2. The minimum atomic E-state index is -0.0404. The number of allylic oxidation sites excluding steroid dienone is 2. The van der Waals surface area contributed by atoms with Crippen LogP contribution in [0.3, 0.4) is 0 Å². The third-order valence-corrected chi connectivity index (χ3v) is 4.98. The molecule has 0 fully saturated rings. The van der Waals surface area contributed by atoms with Gasteiger partial charge in [0.2, 0.25) is 0 Å². The van der Waals surface area contributed by atoms with Crippen LogP contribution in [0.25, 0.3) is 23.3 Å². The molecule has 3 aromatic carbocycles. The molecule has 3 aromatic rings. The van der Waals surface area contributed by atoms with E-state index >= 15 is 0 Å². The largest absolute Gasteiger partial charge is 0.289 e. The van der Waals surface area contributed by atoms with Crippen LogP contribution < -0.4 is 0 Å². The first kappa shape index (κ1) is 14.8. The van der Waals surface area contributed by atoms with E-state index in [0.717, 1.165) is 22.3 Å².